The average molecular weight is 470 g/mol. The molecule has 0 saturated carbocycles. The monoisotopic (exact) mass is 469 g/mol. The maximum atomic E-state index is 12.8. The lowest BCUT2D eigenvalue weighted by atomic mass is 10.1. The summed E-state index contributed by atoms with van der Waals surface area (Å²) in [6, 6.07) is 12.4. The Morgan fingerprint density at radius 2 is 2.00 bits per heavy atom. The zero-order valence-corrected chi connectivity index (χ0v) is 18.9. The molecule has 1 amide bonds. The highest BCUT2D eigenvalue weighted by molar-refractivity contribution is 6.35. The molecular weight excluding hydrogens is 451 g/mol. The van der Waals surface area contributed by atoms with Crippen LogP contribution in [0.4, 0.5) is 5.82 Å². The molecule has 0 fully saturated rings. The molecule has 0 bridgehead atoms. The first kappa shape index (κ1) is 22.1. The highest BCUT2D eigenvalue weighted by Gasteiger charge is 2.19. The van der Waals surface area contributed by atoms with Gasteiger partial charge in [-0.1, -0.05) is 29.3 Å². The largest absolute Gasteiger partial charge is 0.751 e. The minimum absolute atomic E-state index is 0.00285. The van der Waals surface area contributed by atoms with Gasteiger partial charge in [0.25, 0.3) is 0 Å². The molecule has 0 aliphatic carbocycles. The lowest BCUT2D eigenvalue weighted by molar-refractivity contribution is -0.117. The minimum atomic E-state index is -0.627. The molecule has 0 N–H and O–H groups in total. The smallest absolute Gasteiger partial charge is 0.222 e. The summed E-state index contributed by atoms with van der Waals surface area (Å²) in [6.45, 7) is 2.39. The Balaban J connectivity index is 1.76. The van der Waals surface area contributed by atoms with Crippen molar-refractivity contribution in [1.29, 1.82) is 0 Å². The zero-order chi connectivity index (χ0) is 22.8. The van der Waals surface area contributed by atoms with Crippen molar-refractivity contribution in [3.8, 4) is 5.75 Å². The Hall–Kier alpha value is -3.13. The third-order valence-corrected chi connectivity index (χ3v) is 5.92. The van der Waals surface area contributed by atoms with E-state index in [4.69, 9.17) is 27.9 Å². The van der Waals surface area contributed by atoms with Crippen molar-refractivity contribution >= 4 is 45.8 Å². The summed E-state index contributed by atoms with van der Waals surface area (Å²) in [5, 5.41) is 14.7. The Bertz CT molecular complexity index is 1290. The molecule has 2 aromatic heterocycles. The van der Waals surface area contributed by atoms with Gasteiger partial charge in [-0.2, -0.15) is 0 Å². The predicted molar refractivity (Wildman–Crippen MR) is 125 cm³/mol. The van der Waals surface area contributed by atoms with E-state index < -0.39 is 5.91 Å². The molecule has 0 radical (unpaired) electrons. The standard InChI is InChI=1S/C23H19Cl2N4O3/c1-14-18(11-23(30)29(31)22-7-8-26-13-27-22)19-10-17(32-2)5-6-21(19)28(14)12-15-3-4-16(24)9-20(15)25/h3-10,13H,11-12H2,1-2H3/q-1. The number of hydrogen-bond acceptors (Lipinski definition) is 5. The van der Waals surface area contributed by atoms with E-state index in [1.165, 1.54) is 18.6 Å². The van der Waals surface area contributed by atoms with Crippen molar-refractivity contribution in [2.24, 2.45) is 0 Å². The Morgan fingerprint density at radius 3 is 2.69 bits per heavy atom. The third kappa shape index (κ3) is 4.27. The van der Waals surface area contributed by atoms with Crippen LogP contribution in [0.5, 0.6) is 5.75 Å². The Labute approximate surface area is 194 Å². The van der Waals surface area contributed by atoms with Crippen LogP contribution < -0.4 is 9.80 Å². The van der Waals surface area contributed by atoms with Gasteiger partial charge in [0.15, 0.2) is 0 Å². The van der Waals surface area contributed by atoms with Crippen LogP contribution in [0.25, 0.3) is 10.9 Å². The fourth-order valence-electron chi connectivity index (χ4n) is 3.66. The number of ether oxygens (including phenoxy) is 1. The zero-order valence-electron chi connectivity index (χ0n) is 17.4. The van der Waals surface area contributed by atoms with Crippen molar-refractivity contribution in [2.75, 3.05) is 12.2 Å². The summed E-state index contributed by atoms with van der Waals surface area (Å²) >= 11 is 12.4. The molecule has 0 aliphatic rings. The van der Waals surface area contributed by atoms with Gasteiger partial charge in [-0.05, 0) is 54.4 Å². The lowest BCUT2D eigenvalue weighted by Gasteiger charge is -2.26. The van der Waals surface area contributed by atoms with Gasteiger partial charge in [-0.25, -0.2) is 9.97 Å². The van der Waals surface area contributed by atoms with Crippen LogP contribution >= 0.6 is 23.2 Å². The topological polar surface area (TPSA) is 83.3 Å². The number of halogens is 2. The first-order valence-electron chi connectivity index (χ1n) is 9.74. The number of carbonyl (C=O) groups excluding carboxylic acids is 1. The van der Waals surface area contributed by atoms with Crippen molar-refractivity contribution in [2.45, 2.75) is 19.9 Å². The lowest BCUT2D eigenvalue weighted by Crippen LogP contribution is -2.27. The normalized spacial score (nSPS) is 11.0. The number of amides is 1. The van der Waals surface area contributed by atoms with Gasteiger partial charge in [0.1, 0.15) is 17.9 Å². The molecule has 4 rings (SSSR count). The maximum absolute atomic E-state index is 12.8. The van der Waals surface area contributed by atoms with Crippen molar-refractivity contribution < 1.29 is 9.53 Å². The highest BCUT2D eigenvalue weighted by Crippen LogP contribution is 2.32. The second-order valence-electron chi connectivity index (χ2n) is 7.20. The van der Waals surface area contributed by atoms with E-state index in [0.717, 1.165) is 27.7 Å². The van der Waals surface area contributed by atoms with E-state index in [1.54, 1.807) is 19.2 Å². The molecule has 2 aromatic carbocycles. The number of fused-ring (bicyclic) bond motifs is 1. The van der Waals surface area contributed by atoms with E-state index in [9.17, 15) is 10.0 Å². The Kier molecular flexibility index (Phi) is 6.32. The number of aromatic nitrogens is 3. The molecule has 7 nitrogen and oxygen atoms in total. The van der Waals surface area contributed by atoms with Crippen LogP contribution in [0.3, 0.4) is 0 Å². The SMILES string of the molecule is COc1ccc2c(c1)c(CC(=O)N([O-])c1ccncn1)c(C)n2Cc1ccc(Cl)cc1Cl. The molecule has 164 valence electrons. The molecule has 9 heteroatoms. The van der Waals surface area contributed by atoms with Crippen LogP contribution in [0.1, 0.15) is 16.8 Å². The van der Waals surface area contributed by atoms with E-state index >= 15 is 0 Å². The molecule has 32 heavy (non-hydrogen) atoms. The van der Waals surface area contributed by atoms with Gasteiger partial charge in [-0.3, -0.25) is 4.79 Å². The number of hydrogen-bond donors (Lipinski definition) is 0. The second-order valence-corrected chi connectivity index (χ2v) is 8.05. The number of carbonyl (C=O) groups is 1. The summed E-state index contributed by atoms with van der Waals surface area (Å²) < 4.78 is 7.44. The summed E-state index contributed by atoms with van der Waals surface area (Å²) in [7, 11) is 1.58. The molecule has 0 spiro atoms. The van der Waals surface area contributed by atoms with Gasteiger partial charge in [-0.15, -0.1) is 0 Å². The van der Waals surface area contributed by atoms with Gasteiger partial charge in [0, 0.05) is 39.4 Å². The predicted octanol–water partition coefficient (Wildman–Crippen LogP) is 5.18. The number of methoxy groups -OCH3 is 1. The summed E-state index contributed by atoms with van der Waals surface area (Å²) in [4.78, 5) is 20.4. The summed E-state index contributed by atoms with van der Waals surface area (Å²) in [6.07, 6.45) is 2.55. The number of benzene rings is 2. The minimum Gasteiger partial charge on any atom is -0.751 e. The van der Waals surface area contributed by atoms with Crippen molar-refractivity contribution in [3.05, 3.63) is 87.1 Å². The number of rotatable bonds is 6. The first-order chi connectivity index (χ1) is 15.4. The van der Waals surface area contributed by atoms with E-state index in [1.807, 2.05) is 31.2 Å². The molecule has 0 unspecified atom stereocenters. The molecule has 4 aromatic rings. The number of nitrogens with zero attached hydrogens (tertiary/aromatic N) is 4. The molecule has 0 saturated heterocycles. The first-order valence-corrected chi connectivity index (χ1v) is 10.5. The van der Waals surface area contributed by atoms with E-state index in [0.29, 0.717) is 27.4 Å². The number of hydroxylamine groups is 1. The molecule has 0 atom stereocenters. The van der Waals surface area contributed by atoms with Crippen molar-refractivity contribution in [1.82, 2.24) is 14.5 Å². The van der Waals surface area contributed by atoms with Crippen LogP contribution in [0, 0.1) is 12.1 Å². The van der Waals surface area contributed by atoms with E-state index in [-0.39, 0.29) is 12.2 Å². The van der Waals surface area contributed by atoms with Gasteiger partial charge < -0.3 is 19.6 Å². The third-order valence-electron chi connectivity index (χ3n) is 5.33. The second kappa shape index (κ2) is 9.16. The number of anilines is 1. The van der Waals surface area contributed by atoms with E-state index in [2.05, 4.69) is 14.5 Å². The van der Waals surface area contributed by atoms with Crippen molar-refractivity contribution in [3.63, 3.8) is 0 Å². The molecular formula is C23H19Cl2N4O3-. The molecule has 2 heterocycles. The van der Waals surface area contributed by atoms with Crippen LogP contribution in [-0.4, -0.2) is 27.6 Å². The highest BCUT2D eigenvalue weighted by atomic mass is 35.5. The average Bonchev–Trinajstić information content (AvgIpc) is 3.05. The van der Waals surface area contributed by atoms with Crippen LogP contribution in [0.15, 0.2) is 55.0 Å². The van der Waals surface area contributed by atoms with Gasteiger partial charge in [0.05, 0.1) is 13.5 Å². The Morgan fingerprint density at radius 1 is 1.19 bits per heavy atom. The fourth-order valence-corrected chi connectivity index (χ4v) is 4.13. The quantitative estimate of drug-likeness (QED) is 0.363. The maximum Gasteiger partial charge on any atom is 0.222 e. The van der Waals surface area contributed by atoms with Gasteiger partial charge >= 0.3 is 0 Å². The van der Waals surface area contributed by atoms with Crippen LogP contribution in [-0.2, 0) is 17.8 Å². The summed E-state index contributed by atoms with van der Waals surface area (Å²) in [5.74, 6) is 0.0257. The summed E-state index contributed by atoms with van der Waals surface area (Å²) in [5.41, 5.74) is 3.38. The van der Waals surface area contributed by atoms with Gasteiger partial charge in [0.2, 0.25) is 5.91 Å². The molecule has 0 aliphatic heterocycles. The fraction of sp³-hybridized carbons (Fsp3) is 0.174. The van der Waals surface area contributed by atoms with Crippen LogP contribution in [0.2, 0.25) is 10.0 Å².